The first-order valence-corrected chi connectivity index (χ1v) is 14.9. The highest BCUT2D eigenvalue weighted by molar-refractivity contribution is 7.91. The lowest BCUT2D eigenvalue weighted by Crippen LogP contribution is -2.10. The number of nitrogens with zero attached hydrogens (tertiary/aromatic N) is 1. The molecule has 0 radical (unpaired) electrons. The van der Waals surface area contributed by atoms with Crippen LogP contribution in [0.5, 0.6) is 11.5 Å². The monoisotopic (exact) mass is 593 g/mol. The highest BCUT2D eigenvalue weighted by Gasteiger charge is 2.23. The lowest BCUT2D eigenvalue weighted by molar-refractivity contribution is -0.384. The second-order valence-electron chi connectivity index (χ2n) is 9.91. The van der Waals surface area contributed by atoms with Crippen molar-refractivity contribution >= 4 is 21.5 Å². The van der Waals surface area contributed by atoms with Crippen molar-refractivity contribution in [2.45, 2.75) is 29.7 Å². The van der Waals surface area contributed by atoms with E-state index in [1.807, 2.05) is 50.2 Å². The number of carbonyl (C=O) groups is 1. The molecule has 0 heterocycles. The van der Waals surface area contributed by atoms with Crippen LogP contribution in [-0.4, -0.2) is 25.4 Å². The van der Waals surface area contributed by atoms with Crippen molar-refractivity contribution in [1.82, 2.24) is 0 Å². The third kappa shape index (κ3) is 6.47. The molecule has 43 heavy (non-hydrogen) atoms. The fraction of sp³-hybridized carbons (Fsp3) is 0.0882. The maximum Gasteiger partial charge on any atom is 0.343 e. The molecule has 0 fully saturated rings. The number of sulfone groups is 1. The minimum absolute atomic E-state index is 0.0121. The Balaban J connectivity index is 1.55. The molecule has 0 spiro atoms. The average molecular weight is 594 g/mol. The summed E-state index contributed by atoms with van der Waals surface area (Å²) in [6.07, 6.45) is -0.111. The van der Waals surface area contributed by atoms with E-state index in [0.29, 0.717) is 22.4 Å². The molecule has 5 rings (SSSR count). The summed E-state index contributed by atoms with van der Waals surface area (Å²) in [6, 6.07) is 32.5. The first-order valence-electron chi connectivity index (χ1n) is 13.4. The third-order valence-corrected chi connectivity index (χ3v) is 8.32. The van der Waals surface area contributed by atoms with E-state index >= 15 is 0 Å². The summed E-state index contributed by atoms with van der Waals surface area (Å²) in [5.41, 5.74) is 2.44. The number of hydrogen-bond donors (Lipinski definition) is 0. The number of nitro benzene ring substituents is 1. The molecule has 0 atom stereocenters. The molecule has 5 aromatic carbocycles. The Bertz CT molecular complexity index is 1890. The van der Waals surface area contributed by atoms with Gasteiger partial charge in [-0.15, -0.1) is 0 Å². The van der Waals surface area contributed by atoms with Gasteiger partial charge in [0.15, 0.2) is 0 Å². The summed E-state index contributed by atoms with van der Waals surface area (Å²) in [7, 11) is -4.02. The Morgan fingerprint density at radius 3 is 1.67 bits per heavy atom. The van der Waals surface area contributed by atoms with Gasteiger partial charge < -0.3 is 9.47 Å². The molecule has 0 unspecified atom stereocenters. The highest BCUT2D eigenvalue weighted by Crippen LogP contribution is 2.38. The third-order valence-electron chi connectivity index (χ3n) is 6.57. The topological polar surface area (TPSA) is 113 Å². The highest BCUT2D eigenvalue weighted by atomic mass is 32.2. The van der Waals surface area contributed by atoms with Gasteiger partial charge in [0, 0.05) is 23.3 Å². The van der Waals surface area contributed by atoms with Gasteiger partial charge in [-0.2, -0.15) is 0 Å². The van der Waals surface area contributed by atoms with Crippen LogP contribution >= 0.6 is 0 Å². The predicted octanol–water partition coefficient (Wildman–Crippen LogP) is 7.77. The summed E-state index contributed by atoms with van der Waals surface area (Å²) in [4.78, 5) is 23.4. The molecule has 216 valence electrons. The van der Waals surface area contributed by atoms with Gasteiger partial charge in [0.2, 0.25) is 9.84 Å². The number of benzene rings is 5. The van der Waals surface area contributed by atoms with Crippen molar-refractivity contribution in [3.63, 3.8) is 0 Å². The fourth-order valence-electron chi connectivity index (χ4n) is 4.50. The molecule has 0 amide bonds. The fourth-order valence-corrected chi connectivity index (χ4v) is 5.81. The van der Waals surface area contributed by atoms with Crippen molar-refractivity contribution in [2.75, 3.05) is 0 Å². The molecule has 0 aromatic heterocycles. The minimum atomic E-state index is -4.02. The van der Waals surface area contributed by atoms with Gasteiger partial charge in [0.1, 0.15) is 11.5 Å². The summed E-state index contributed by atoms with van der Waals surface area (Å²) >= 11 is 0. The van der Waals surface area contributed by atoms with Crippen LogP contribution in [0.2, 0.25) is 0 Å². The molecule has 0 aliphatic carbocycles. The van der Waals surface area contributed by atoms with Crippen molar-refractivity contribution in [3.8, 4) is 33.8 Å². The molecular formula is C34H27NO7S. The number of carbonyl (C=O) groups excluding carboxylic acids is 1. The molecule has 8 nitrogen and oxygen atoms in total. The van der Waals surface area contributed by atoms with E-state index in [4.69, 9.17) is 9.47 Å². The Labute approximate surface area is 249 Å². The quantitative estimate of drug-likeness (QED) is 0.0742. The van der Waals surface area contributed by atoms with Gasteiger partial charge in [-0.1, -0.05) is 60.7 Å². The van der Waals surface area contributed by atoms with E-state index in [-0.39, 0.29) is 32.9 Å². The lowest BCUT2D eigenvalue weighted by atomic mass is 10.0. The molecule has 0 saturated carbocycles. The van der Waals surface area contributed by atoms with E-state index in [1.54, 1.807) is 36.4 Å². The van der Waals surface area contributed by atoms with Crippen LogP contribution in [-0.2, 0) is 9.84 Å². The van der Waals surface area contributed by atoms with Gasteiger partial charge >= 0.3 is 5.97 Å². The van der Waals surface area contributed by atoms with Crippen LogP contribution in [0.3, 0.4) is 0 Å². The molecule has 9 heteroatoms. The number of hydrogen-bond acceptors (Lipinski definition) is 7. The van der Waals surface area contributed by atoms with E-state index < -0.39 is 20.7 Å². The predicted molar refractivity (Wildman–Crippen MR) is 163 cm³/mol. The first kappa shape index (κ1) is 29.2. The van der Waals surface area contributed by atoms with Gasteiger partial charge in [-0.05, 0) is 73.5 Å². The normalized spacial score (nSPS) is 11.2. The number of ether oxygens (including phenoxy) is 2. The lowest BCUT2D eigenvalue weighted by Gasteiger charge is -2.17. The number of non-ortho nitro benzene ring substituents is 1. The van der Waals surface area contributed by atoms with Crippen molar-refractivity contribution in [3.05, 3.63) is 137 Å². The molecular weight excluding hydrogens is 566 g/mol. The number of esters is 1. The van der Waals surface area contributed by atoms with Crippen LogP contribution < -0.4 is 9.47 Å². The van der Waals surface area contributed by atoms with Crippen LogP contribution in [0.25, 0.3) is 22.3 Å². The zero-order valence-corrected chi connectivity index (χ0v) is 24.2. The smallest absolute Gasteiger partial charge is 0.343 e. The standard InChI is InChI=1S/C34H27NO7S/c1-23(2)41-32-19-17-28(21-30(32)24-9-5-3-6-10-24)43(39,40)29-18-20-33(31(22-29)25-11-7-4-8-12-25)42-34(36)26-13-15-27(16-14-26)35(37)38/h3-23H,1-2H3. The SMILES string of the molecule is CC(C)Oc1ccc(S(=O)(=O)c2ccc(OC(=O)c3ccc([N+](=O)[O-])cc3)c(-c3ccccc3)c2)cc1-c1ccccc1. The minimum Gasteiger partial charge on any atom is -0.490 e. The Kier molecular flexibility index (Phi) is 8.36. The Morgan fingerprint density at radius 2 is 1.19 bits per heavy atom. The zero-order chi connectivity index (χ0) is 30.6. The van der Waals surface area contributed by atoms with Crippen molar-refractivity contribution < 1.29 is 27.6 Å². The summed E-state index contributed by atoms with van der Waals surface area (Å²) < 4.78 is 39.6. The summed E-state index contributed by atoms with van der Waals surface area (Å²) in [5.74, 6) is -0.0336. The zero-order valence-electron chi connectivity index (χ0n) is 23.3. The maximum atomic E-state index is 14.0. The van der Waals surface area contributed by atoms with Crippen molar-refractivity contribution in [1.29, 1.82) is 0 Å². The second kappa shape index (κ2) is 12.3. The molecule has 0 saturated heterocycles. The van der Waals surface area contributed by atoms with Gasteiger partial charge in [-0.3, -0.25) is 10.1 Å². The molecule has 5 aromatic rings. The molecule has 0 aliphatic rings. The summed E-state index contributed by atoms with van der Waals surface area (Å²) in [6.45, 7) is 3.81. The molecule has 0 aliphatic heterocycles. The van der Waals surface area contributed by atoms with Gasteiger partial charge in [0.05, 0.1) is 26.4 Å². The second-order valence-corrected chi connectivity index (χ2v) is 11.9. The summed E-state index contributed by atoms with van der Waals surface area (Å²) in [5, 5.41) is 11.0. The van der Waals surface area contributed by atoms with Gasteiger partial charge in [0.25, 0.3) is 5.69 Å². The Hall–Kier alpha value is -5.28. The van der Waals surface area contributed by atoms with E-state index in [9.17, 15) is 23.3 Å². The van der Waals surface area contributed by atoms with Gasteiger partial charge in [-0.25, -0.2) is 13.2 Å². The van der Waals surface area contributed by atoms with E-state index in [0.717, 1.165) is 5.56 Å². The van der Waals surface area contributed by atoms with Crippen LogP contribution in [0.4, 0.5) is 5.69 Å². The molecule has 0 N–H and O–H groups in total. The first-order chi connectivity index (χ1) is 20.6. The largest absolute Gasteiger partial charge is 0.490 e. The van der Waals surface area contributed by atoms with Crippen LogP contribution in [0.15, 0.2) is 131 Å². The average Bonchev–Trinajstić information content (AvgIpc) is 3.02. The van der Waals surface area contributed by atoms with E-state index in [2.05, 4.69) is 0 Å². The van der Waals surface area contributed by atoms with E-state index in [1.165, 1.54) is 48.5 Å². The maximum absolute atomic E-state index is 14.0. The van der Waals surface area contributed by atoms with Crippen molar-refractivity contribution in [2.24, 2.45) is 0 Å². The number of nitro groups is 1. The number of rotatable bonds is 9. The molecule has 0 bridgehead atoms. The van der Waals surface area contributed by atoms with Crippen LogP contribution in [0.1, 0.15) is 24.2 Å². The van der Waals surface area contributed by atoms with Crippen LogP contribution in [0, 0.1) is 10.1 Å². The Morgan fingerprint density at radius 1 is 0.698 bits per heavy atom.